The molecule has 2 aromatic carbocycles. The summed E-state index contributed by atoms with van der Waals surface area (Å²) in [6.07, 6.45) is 2.68. The molecule has 0 aromatic heterocycles. The largest absolute Gasteiger partial charge is 0.355 e. The van der Waals surface area contributed by atoms with Crippen LogP contribution in [0.25, 0.3) is 0 Å². The fourth-order valence-corrected chi connectivity index (χ4v) is 4.63. The van der Waals surface area contributed by atoms with Crippen molar-refractivity contribution >= 4 is 23.6 Å². The van der Waals surface area contributed by atoms with Crippen LogP contribution in [0.1, 0.15) is 37.0 Å². The first kappa shape index (κ1) is 22.4. The summed E-state index contributed by atoms with van der Waals surface area (Å²) < 4.78 is 0. The van der Waals surface area contributed by atoms with Gasteiger partial charge in [-0.2, -0.15) is 0 Å². The fourth-order valence-electron chi connectivity index (χ4n) is 3.57. The quantitative estimate of drug-likeness (QED) is 0.603. The SMILES string of the molecule is CCCNC(=O)CN1CCC(NC(=O)C(Sc2ccccc2)c2ccccc2)CC1. The van der Waals surface area contributed by atoms with Crippen LogP contribution >= 0.6 is 11.8 Å². The molecule has 1 saturated heterocycles. The van der Waals surface area contributed by atoms with Crippen LogP contribution in [0, 0.1) is 0 Å². The second-order valence-electron chi connectivity index (χ2n) is 7.63. The molecule has 1 aliphatic heterocycles. The molecule has 0 aliphatic carbocycles. The minimum Gasteiger partial charge on any atom is -0.355 e. The number of thioether (sulfide) groups is 1. The van der Waals surface area contributed by atoms with Crippen molar-refractivity contribution < 1.29 is 9.59 Å². The summed E-state index contributed by atoms with van der Waals surface area (Å²) in [5.41, 5.74) is 1.01. The van der Waals surface area contributed by atoms with Crippen LogP contribution < -0.4 is 10.6 Å². The molecule has 1 heterocycles. The number of hydrogen-bond acceptors (Lipinski definition) is 4. The Morgan fingerprint density at radius 2 is 1.67 bits per heavy atom. The normalized spacial score (nSPS) is 16.0. The fraction of sp³-hybridized carbons (Fsp3) is 0.417. The van der Waals surface area contributed by atoms with Gasteiger partial charge in [-0.05, 0) is 37.0 Å². The Kier molecular flexibility index (Phi) is 8.78. The minimum atomic E-state index is -0.286. The molecule has 0 saturated carbocycles. The first-order valence-corrected chi connectivity index (χ1v) is 11.6. The van der Waals surface area contributed by atoms with Gasteiger partial charge in [0.1, 0.15) is 5.25 Å². The molecule has 6 heteroatoms. The Bertz CT molecular complexity index is 793. The van der Waals surface area contributed by atoms with Gasteiger partial charge in [0.15, 0.2) is 0 Å². The molecule has 30 heavy (non-hydrogen) atoms. The second kappa shape index (κ2) is 11.8. The highest BCUT2D eigenvalue weighted by atomic mass is 32.2. The third-order valence-electron chi connectivity index (χ3n) is 5.21. The van der Waals surface area contributed by atoms with Gasteiger partial charge in [0, 0.05) is 30.6 Å². The molecule has 2 amide bonds. The highest BCUT2D eigenvalue weighted by molar-refractivity contribution is 8.00. The van der Waals surface area contributed by atoms with E-state index in [9.17, 15) is 9.59 Å². The molecule has 1 atom stereocenters. The molecular weight excluding hydrogens is 394 g/mol. The van der Waals surface area contributed by atoms with E-state index < -0.39 is 0 Å². The van der Waals surface area contributed by atoms with Crippen molar-refractivity contribution in [3.05, 3.63) is 66.2 Å². The molecule has 1 unspecified atom stereocenters. The molecule has 1 aliphatic rings. The van der Waals surface area contributed by atoms with Gasteiger partial charge >= 0.3 is 0 Å². The summed E-state index contributed by atoms with van der Waals surface area (Å²) in [5, 5.41) is 5.90. The molecule has 5 nitrogen and oxygen atoms in total. The number of nitrogens with zero attached hydrogens (tertiary/aromatic N) is 1. The minimum absolute atomic E-state index is 0.0502. The molecule has 2 aromatic rings. The number of rotatable bonds is 9. The van der Waals surface area contributed by atoms with Crippen molar-refractivity contribution in [3.63, 3.8) is 0 Å². The molecule has 0 bridgehead atoms. The summed E-state index contributed by atoms with van der Waals surface area (Å²) in [6, 6.07) is 20.1. The van der Waals surface area contributed by atoms with E-state index in [-0.39, 0.29) is 23.1 Å². The Hall–Kier alpha value is -2.31. The van der Waals surface area contributed by atoms with Crippen molar-refractivity contribution in [1.29, 1.82) is 0 Å². The van der Waals surface area contributed by atoms with Gasteiger partial charge in [-0.3, -0.25) is 14.5 Å². The lowest BCUT2D eigenvalue weighted by Gasteiger charge is -2.32. The van der Waals surface area contributed by atoms with E-state index in [0.29, 0.717) is 6.54 Å². The molecule has 0 spiro atoms. The molecule has 3 rings (SSSR count). The zero-order chi connectivity index (χ0) is 21.2. The van der Waals surface area contributed by atoms with Gasteiger partial charge in [0.05, 0.1) is 6.54 Å². The number of carbonyl (C=O) groups excluding carboxylic acids is 2. The number of nitrogens with one attached hydrogen (secondary N) is 2. The lowest BCUT2D eigenvalue weighted by atomic mass is 10.0. The van der Waals surface area contributed by atoms with Crippen molar-refractivity contribution in [1.82, 2.24) is 15.5 Å². The Labute approximate surface area is 183 Å². The van der Waals surface area contributed by atoms with E-state index in [1.54, 1.807) is 11.8 Å². The van der Waals surface area contributed by atoms with Gasteiger partial charge in [-0.15, -0.1) is 11.8 Å². The maximum absolute atomic E-state index is 13.2. The maximum Gasteiger partial charge on any atom is 0.238 e. The van der Waals surface area contributed by atoms with Crippen LogP contribution in [0.4, 0.5) is 0 Å². The number of benzene rings is 2. The molecule has 1 fully saturated rings. The van der Waals surface area contributed by atoms with E-state index in [2.05, 4.69) is 15.5 Å². The van der Waals surface area contributed by atoms with Crippen molar-refractivity contribution in [2.75, 3.05) is 26.2 Å². The average molecular weight is 426 g/mol. The van der Waals surface area contributed by atoms with E-state index in [1.807, 2.05) is 67.6 Å². The lowest BCUT2D eigenvalue weighted by Crippen LogP contribution is -2.48. The van der Waals surface area contributed by atoms with E-state index in [1.165, 1.54) is 0 Å². The van der Waals surface area contributed by atoms with E-state index >= 15 is 0 Å². The third kappa shape index (κ3) is 6.89. The first-order valence-electron chi connectivity index (χ1n) is 10.7. The molecule has 160 valence electrons. The standard InChI is InChI=1S/C24H31N3O2S/c1-2-15-25-22(28)18-27-16-13-20(14-17-27)26-24(29)23(19-9-5-3-6-10-19)30-21-11-7-4-8-12-21/h3-12,20,23H,2,13-18H2,1H3,(H,25,28)(H,26,29). The van der Waals surface area contributed by atoms with Crippen LogP contribution in [0.2, 0.25) is 0 Å². The predicted octanol–water partition coefficient (Wildman–Crippen LogP) is 3.63. The number of hydrogen-bond donors (Lipinski definition) is 2. The molecule has 0 radical (unpaired) electrons. The lowest BCUT2D eigenvalue weighted by molar-refractivity contribution is -0.124. The number of amides is 2. The summed E-state index contributed by atoms with van der Waals surface area (Å²) >= 11 is 1.58. The number of carbonyl (C=O) groups is 2. The zero-order valence-electron chi connectivity index (χ0n) is 17.5. The third-order valence-corrected chi connectivity index (χ3v) is 6.48. The zero-order valence-corrected chi connectivity index (χ0v) is 18.4. The smallest absolute Gasteiger partial charge is 0.238 e. The van der Waals surface area contributed by atoms with E-state index in [0.717, 1.165) is 49.4 Å². The summed E-state index contributed by atoms with van der Waals surface area (Å²) in [6.45, 7) is 4.87. The average Bonchev–Trinajstić information content (AvgIpc) is 2.78. The van der Waals surface area contributed by atoms with Gasteiger partial charge in [0.25, 0.3) is 0 Å². The van der Waals surface area contributed by atoms with Crippen LogP contribution in [0.3, 0.4) is 0 Å². The summed E-state index contributed by atoms with van der Waals surface area (Å²) in [4.78, 5) is 28.4. The van der Waals surface area contributed by atoms with Crippen molar-refractivity contribution in [3.8, 4) is 0 Å². The number of likely N-dealkylation sites (tertiary alicyclic amines) is 1. The summed E-state index contributed by atoms with van der Waals surface area (Å²) in [5.74, 6) is 0.136. The van der Waals surface area contributed by atoms with Gasteiger partial charge in [-0.25, -0.2) is 0 Å². The maximum atomic E-state index is 13.2. The van der Waals surface area contributed by atoms with Crippen molar-refractivity contribution in [2.45, 2.75) is 42.4 Å². The Morgan fingerprint density at radius 3 is 2.30 bits per heavy atom. The van der Waals surface area contributed by atoms with Gasteiger partial charge < -0.3 is 10.6 Å². The van der Waals surface area contributed by atoms with Crippen LogP contribution in [-0.2, 0) is 9.59 Å². The highest BCUT2D eigenvalue weighted by Gasteiger charge is 2.27. The Balaban J connectivity index is 1.55. The number of piperidine rings is 1. The van der Waals surface area contributed by atoms with Crippen LogP contribution in [0.5, 0.6) is 0 Å². The summed E-state index contributed by atoms with van der Waals surface area (Å²) in [7, 11) is 0. The highest BCUT2D eigenvalue weighted by Crippen LogP contribution is 2.35. The van der Waals surface area contributed by atoms with Crippen molar-refractivity contribution in [2.24, 2.45) is 0 Å². The van der Waals surface area contributed by atoms with Crippen LogP contribution in [0.15, 0.2) is 65.6 Å². The predicted molar refractivity (Wildman–Crippen MR) is 122 cm³/mol. The van der Waals surface area contributed by atoms with Gasteiger partial charge in [0.2, 0.25) is 11.8 Å². The first-order chi connectivity index (χ1) is 14.7. The van der Waals surface area contributed by atoms with Crippen LogP contribution in [-0.4, -0.2) is 48.9 Å². The van der Waals surface area contributed by atoms with E-state index in [4.69, 9.17) is 0 Å². The second-order valence-corrected chi connectivity index (χ2v) is 8.81. The van der Waals surface area contributed by atoms with Gasteiger partial charge in [-0.1, -0.05) is 55.5 Å². The Morgan fingerprint density at radius 1 is 1.03 bits per heavy atom. The molecular formula is C24H31N3O2S. The monoisotopic (exact) mass is 425 g/mol. The topological polar surface area (TPSA) is 61.4 Å². The molecule has 2 N–H and O–H groups in total.